The first-order chi connectivity index (χ1) is 31.0. The Bertz CT molecular complexity index is 2470. The van der Waals surface area contributed by atoms with Gasteiger partial charge in [0.2, 0.25) is 0 Å². The Morgan fingerprint density at radius 1 is 0.397 bits per heavy atom. The predicted molar refractivity (Wildman–Crippen MR) is 271 cm³/mol. The van der Waals surface area contributed by atoms with E-state index in [0.717, 1.165) is 17.5 Å². The zero-order valence-corrected chi connectivity index (χ0v) is 39.0. The highest BCUT2D eigenvalue weighted by molar-refractivity contribution is 9.10. The van der Waals surface area contributed by atoms with E-state index >= 15 is 0 Å². The third-order valence-corrected chi connectivity index (χ3v) is 16.7. The number of benzene rings is 6. The van der Waals surface area contributed by atoms with Crippen LogP contribution >= 0.6 is 15.9 Å². The quantitative estimate of drug-likeness (QED) is 0.173. The molecule has 3 heteroatoms. The Morgan fingerprint density at radius 3 is 1.33 bits per heavy atom. The highest BCUT2D eigenvalue weighted by Crippen LogP contribution is 2.57. The summed E-state index contributed by atoms with van der Waals surface area (Å²) in [6, 6.07) is 49.8. The normalized spacial score (nSPS) is 19.4. The molecule has 0 heterocycles. The fourth-order valence-corrected chi connectivity index (χ4v) is 13.4. The van der Waals surface area contributed by atoms with E-state index in [1.165, 1.54) is 178 Å². The number of rotatable bonds is 4. The summed E-state index contributed by atoms with van der Waals surface area (Å²) >= 11 is 3.66. The average molecular weight is 896 g/mol. The molecule has 2 spiro atoms. The molecule has 0 aromatic heterocycles. The maximum absolute atomic E-state index is 5.66. The van der Waals surface area contributed by atoms with Crippen LogP contribution in [0.4, 0.5) is 17.1 Å². The second kappa shape index (κ2) is 18.9. The van der Waals surface area contributed by atoms with Gasteiger partial charge in [0.15, 0.2) is 0 Å². The minimum atomic E-state index is 0.229. The maximum atomic E-state index is 5.66. The van der Waals surface area contributed by atoms with Crippen LogP contribution in [0.15, 0.2) is 138 Å². The first kappa shape index (κ1) is 42.4. The van der Waals surface area contributed by atoms with E-state index in [2.05, 4.69) is 143 Å². The van der Waals surface area contributed by atoms with Crippen molar-refractivity contribution in [1.82, 2.24) is 0 Å². The third kappa shape index (κ3) is 8.57. The smallest absolute Gasteiger partial charge is 0.0387 e. The molecule has 0 unspecified atom stereocenters. The maximum Gasteiger partial charge on any atom is 0.0387 e. The Morgan fingerprint density at radius 2 is 0.810 bits per heavy atom. The molecular formula is C60H67BrN2. The minimum Gasteiger partial charge on any atom is -0.399 e. The lowest BCUT2D eigenvalue weighted by Gasteiger charge is -2.36. The van der Waals surface area contributed by atoms with Crippen LogP contribution in [0.3, 0.4) is 0 Å². The van der Waals surface area contributed by atoms with Crippen molar-refractivity contribution in [2.24, 2.45) is 0 Å². The van der Waals surface area contributed by atoms with Crippen molar-refractivity contribution in [2.75, 3.05) is 11.1 Å². The summed E-state index contributed by atoms with van der Waals surface area (Å²) in [5.74, 6) is 1.57. The van der Waals surface area contributed by atoms with Gasteiger partial charge in [-0.3, -0.25) is 0 Å². The van der Waals surface area contributed by atoms with Crippen molar-refractivity contribution in [2.45, 2.75) is 151 Å². The number of hydrogen-bond acceptors (Lipinski definition) is 2. The van der Waals surface area contributed by atoms with Crippen molar-refractivity contribution in [3.8, 4) is 22.3 Å². The Labute approximate surface area is 386 Å². The van der Waals surface area contributed by atoms with Gasteiger partial charge < -0.3 is 11.1 Å². The molecule has 324 valence electrons. The van der Waals surface area contributed by atoms with Gasteiger partial charge in [-0.1, -0.05) is 178 Å². The highest BCUT2D eigenvalue weighted by Gasteiger charge is 2.44. The van der Waals surface area contributed by atoms with Crippen LogP contribution in [0.5, 0.6) is 0 Å². The van der Waals surface area contributed by atoms with Gasteiger partial charge in [-0.25, -0.2) is 0 Å². The van der Waals surface area contributed by atoms with Crippen molar-refractivity contribution < 1.29 is 0 Å². The van der Waals surface area contributed by atoms with Crippen molar-refractivity contribution in [3.05, 3.63) is 171 Å². The Kier molecular flexibility index (Phi) is 12.7. The molecule has 0 radical (unpaired) electrons. The van der Waals surface area contributed by atoms with Crippen LogP contribution in [0, 0.1) is 0 Å². The molecule has 6 aliphatic carbocycles. The van der Waals surface area contributed by atoms with Gasteiger partial charge >= 0.3 is 0 Å². The lowest BCUT2D eigenvalue weighted by atomic mass is 9.68. The van der Waals surface area contributed by atoms with Crippen LogP contribution < -0.4 is 11.1 Å². The van der Waals surface area contributed by atoms with E-state index in [9.17, 15) is 0 Å². The fraction of sp³-hybridized carbons (Fsp3) is 0.400. The van der Waals surface area contributed by atoms with Gasteiger partial charge in [-0.2, -0.15) is 0 Å². The molecular weight excluding hydrogens is 829 g/mol. The SMILES string of the molecule is Brc1ccc2c(c1)C1(CCCCC1)c1ccccc1-2.Nc1ccc(C2CCCCC2)cc1.c1ccc2c(c1)-c1ccc(Nc3ccc(C4CCCCC4)cc3)cc1C21CCCCC1. The molecule has 2 nitrogen and oxygen atoms in total. The van der Waals surface area contributed by atoms with Crippen LogP contribution in [0.1, 0.15) is 174 Å². The molecule has 0 amide bonds. The lowest BCUT2D eigenvalue weighted by Crippen LogP contribution is -2.28. The first-order valence-electron chi connectivity index (χ1n) is 24.9. The molecule has 0 saturated heterocycles. The molecule has 6 aliphatic rings. The number of nitrogens with one attached hydrogen (secondary N) is 1. The van der Waals surface area contributed by atoms with Crippen molar-refractivity contribution in [1.29, 1.82) is 0 Å². The lowest BCUT2D eigenvalue weighted by molar-refractivity contribution is 0.352. The predicted octanol–water partition coefficient (Wildman–Crippen LogP) is 17.7. The fourth-order valence-electron chi connectivity index (χ4n) is 13.0. The molecule has 0 atom stereocenters. The van der Waals surface area contributed by atoms with Crippen LogP contribution in [0.25, 0.3) is 22.3 Å². The number of halogens is 1. The van der Waals surface area contributed by atoms with Crippen molar-refractivity contribution in [3.63, 3.8) is 0 Å². The molecule has 3 N–H and O–H groups in total. The number of nitrogens with two attached hydrogens (primary N) is 1. The Balaban J connectivity index is 0.000000125. The van der Waals surface area contributed by atoms with E-state index in [0.29, 0.717) is 5.41 Å². The second-order valence-electron chi connectivity index (χ2n) is 19.9. The number of nitrogen functional groups attached to an aromatic ring is 1. The standard InChI is InChI=1S/C30H33N.C18H17Br.C12H17N/c1-3-9-22(10-4-1)23-13-15-24(16-14-23)31-25-17-18-27-26-11-5-6-12-28(26)30(29(27)21-25)19-7-2-8-20-30;19-13-8-9-15-14-6-2-3-7-16(14)18(17(15)12-13)10-4-1-5-11-18;13-12-8-6-11(7-9-12)10-4-2-1-3-5-10/h5-6,11-18,21-22,31H,1-4,7-10,19-20H2;2-3,6-9,12H,1,4-5,10-11H2;6-10H,1-5,13H2. The topological polar surface area (TPSA) is 38.0 Å². The zero-order chi connectivity index (χ0) is 42.6. The van der Waals surface area contributed by atoms with Gasteiger partial charge in [0.1, 0.15) is 0 Å². The van der Waals surface area contributed by atoms with Gasteiger partial charge in [0, 0.05) is 32.4 Å². The summed E-state index contributed by atoms with van der Waals surface area (Å²) in [7, 11) is 0. The summed E-state index contributed by atoms with van der Waals surface area (Å²) in [6.45, 7) is 0. The van der Waals surface area contributed by atoms with Gasteiger partial charge in [0.25, 0.3) is 0 Å². The minimum absolute atomic E-state index is 0.229. The van der Waals surface area contributed by atoms with Gasteiger partial charge in [-0.05, 0) is 167 Å². The van der Waals surface area contributed by atoms with Crippen LogP contribution in [0.2, 0.25) is 0 Å². The summed E-state index contributed by atoms with van der Waals surface area (Å²) in [6.07, 6.45) is 27.3. The number of fused-ring (bicyclic) bond motifs is 10. The van der Waals surface area contributed by atoms with Gasteiger partial charge in [0.05, 0.1) is 0 Å². The van der Waals surface area contributed by atoms with E-state index in [1.807, 2.05) is 12.1 Å². The van der Waals surface area contributed by atoms with Crippen molar-refractivity contribution >= 4 is 33.0 Å². The summed E-state index contributed by atoms with van der Waals surface area (Å²) in [4.78, 5) is 0. The molecule has 6 aromatic carbocycles. The monoisotopic (exact) mass is 894 g/mol. The summed E-state index contributed by atoms with van der Waals surface area (Å²) < 4.78 is 1.21. The molecule has 12 rings (SSSR count). The number of hydrogen-bond donors (Lipinski definition) is 2. The zero-order valence-electron chi connectivity index (χ0n) is 37.5. The summed E-state index contributed by atoms with van der Waals surface area (Å²) in [5, 5.41) is 3.71. The van der Waals surface area contributed by atoms with Crippen LogP contribution in [-0.4, -0.2) is 0 Å². The van der Waals surface area contributed by atoms with Crippen LogP contribution in [-0.2, 0) is 10.8 Å². The second-order valence-corrected chi connectivity index (χ2v) is 20.8. The third-order valence-electron chi connectivity index (χ3n) is 16.2. The molecule has 0 aliphatic heterocycles. The molecule has 0 bridgehead atoms. The van der Waals surface area contributed by atoms with E-state index in [4.69, 9.17) is 5.73 Å². The first-order valence-corrected chi connectivity index (χ1v) is 25.7. The molecule has 4 fully saturated rings. The van der Waals surface area contributed by atoms with E-state index < -0.39 is 0 Å². The Hall–Kier alpha value is -4.60. The summed E-state index contributed by atoms with van der Waals surface area (Å²) in [5.41, 5.74) is 24.6. The highest BCUT2D eigenvalue weighted by atomic mass is 79.9. The van der Waals surface area contributed by atoms with E-state index in [-0.39, 0.29) is 5.41 Å². The molecule has 63 heavy (non-hydrogen) atoms. The van der Waals surface area contributed by atoms with E-state index in [1.54, 1.807) is 22.3 Å². The molecule has 6 aromatic rings. The molecule has 4 saturated carbocycles. The largest absolute Gasteiger partial charge is 0.399 e. The van der Waals surface area contributed by atoms with Gasteiger partial charge in [-0.15, -0.1) is 0 Å². The average Bonchev–Trinajstić information content (AvgIpc) is 3.75. The number of anilines is 3.